The number of carboxylic acids is 5. The maximum absolute atomic E-state index is 11.4. The molecule has 0 saturated carbocycles. The summed E-state index contributed by atoms with van der Waals surface area (Å²) in [5.74, 6) is -1.33. The number of phenolic OH excluding ortho intramolecular Hbond substituents is 1. The summed E-state index contributed by atoms with van der Waals surface area (Å²) in [6.45, 7) is 14.2. The van der Waals surface area contributed by atoms with E-state index in [1.54, 1.807) is 59.0 Å². The Morgan fingerprint density at radius 3 is 1.21 bits per heavy atom. The molecular formula is C63H118BBrClN7O33S2Y-5. The number of carboxylic acid groups (broad SMARTS) is 5. The van der Waals surface area contributed by atoms with Gasteiger partial charge in [-0.05, 0) is 73.4 Å². The molecule has 640 valence electrons. The Morgan fingerprint density at radius 1 is 0.541 bits per heavy atom. The molecule has 5 atom stereocenters. The Kier molecular flexibility index (Phi) is 126. The van der Waals surface area contributed by atoms with Gasteiger partial charge in [-0.15, -0.1) is 5.53 Å². The van der Waals surface area contributed by atoms with Gasteiger partial charge in [-0.2, -0.15) is 12.6 Å². The van der Waals surface area contributed by atoms with Crippen molar-refractivity contribution in [2.75, 3.05) is 206 Å². The van der Waals surface area contributed by atoms with Gasteiger partial charge in [-0.1, -0.05) is 66.2 Å². The van der Waals surface area contributed by atoms with Crippen molar-refractivity contribution in [1.29, 1.82) is 0 Å². The first kappa shape index (κ1) is 130. The molecule has 0 fully saturated rings. The summed E-state index contributed by atoms with van der Waals surface area (Å²) in [4.78, 5) is 93.6. The fourth-order valence-electron chi connectivity index (χ4n) is 4.73. The number of nitrogens with two attached hydrogens (primary N) is 4. The van der Waals surface area contributed by atoms with E-state index in [0.717, 1.165) is 26.7 Å². The normalized spacial score (nSPS) is 10.7. The van der Waals surface area contributed by atoms with E-state index in [-0.39, 0.29) is 114 Å². The number of hydrogen-bond donors (Lipinski definition) is 10. The number of carbonyl (C=O) groups excluding carboxylic acids is 9. The number of alkyl halides is 1. The van der Waals surface area contributed by atoms with E-state index in [4.69, 9.17) is 99.5 Å². The minimum absolute atomic E-state index is 0. The molecule has 0 bridgehead atoms. The second-order valence-electron chi connectivity index (χ2n) is 18.1. The number of carbonyl (C=O) groups is 9. The molecular weight excluding hydrogens is 1660 g/mol. The third-order valence-corrected chi connectivity index (χ3v) is 10.9. The number of aryl methyl sites for hydroxylation is 1. The number of rotatable bonds is 45. The smallest absolute Gasteiger partial charge is 0.513 e. The fraction of sp³-hybridized carbons (Fsp3) is 0.651. The number of aliphatic hydroxyl groups is 1. The van der Waals surface area contributed by atoms with Gasteiger partial charge in [0.1, 0.15) is 37.9 Å². The van der Waals surface area contributed by atoms with Crippen LogP contribution in [-0.2, 0) is 139 Å². The Labute approximate surface area is 690 Å². The fourth-order valence-corrected chi connectivity index (χ4v) is 5.35. The van der Waals surface area contributed by atoms with E-state index in [0.29, 0.717) is 95.8 Å². The molecule has 0 aliphatic rings. The van der Waals surface area contributed by atoms with Crippen molar-refractivity contribution in [2.45, 2.75) is 64.3 Å². The molecule has 109 heavy (non-hydrogen) atoms. The van der Waals surface area contributed by atoms with Gasteiger partial charge in [0, 0.05) is 121 Å². The van der Waals surface area contributed by atoms with Gasteiger partial charge in [0.05, 0.1) is 155 Å². The maximum Gasteiger partial charge on any atom is 0.513 e. The SMILES string of the molecule is C.CBr.CCCOCCOC.CO.COC(=O)Cl.COCCOCCOC(=O)OC[C@H](N)C(=O)[O-].COCCOCCOC(=O)Oc1ccc(C[C@H](N)C(=O)[O-])cc1.COCCOCCOC(=O)SC[C@H](N)C(=O)[O-].COCCOCCOC[C@H](N)C(=O)[O-].CS.Cc1ccc(O)cc1.[2HH].[B].[CH2-][C@H](NN[NH3+])C(=O)[O-].[Y]. The summed E-state index contributed by atoms with van der Waals surface area (Å²) < 4.78 is 81.4. The zero-order chi connectivity index (χ0) is 83.2. The second kappa shape index (κ2) is 105. The molecule has 0 spiro atoms. The van der Waals surface area contributed by atoms with Crippen molar-refractivity contribution in [3.63, 3.8) is 0 Å². The number of aliphatic carboxylic acids is 5. The zero-order valence-electron chi connectivity index (χ0n) is 63.0. The average Bonchev–Trinajstić information content (AvgIpc) is 0.891. The van der Waals surface area contributed by atoms with Crippen LogP contribution in [-0.4, -0.2) is 308 Å². The van der Waals surface area contributed by atoms with Gasteiger partial charge < -0.3 is 170 Å². The molecule has 2 rings (SSSR count). The Morgan fingerprint density at radius 2 is 0.881 bits per heavy atom. The van der Waals surface area contributed by atoms with Crippen molar-refractivity contribution >= 4 is 113 Å². The molecule has 0 aliphatic carbocycles. The van der Waals surface area contributed by atoms with E-state index < -0.39 is 89.7 Å². The molecule has 15 N–H and O–H groups in total. The van der Waals surface area contributed by atoms with Crippen LogP contribution in [0.1, 0.15) is 33.3 Å². The van der Waals surface area contributed by atoms with Crippen LogP contribution in [0.2, 0.25) is 0 Å². The quantitative estimate of drug-likeness (QED) is 0.00285. The van der Waals surface area contributed by atoms with Gasteiger partial charge in [-0.3, -0.25) is 5.84 Å². The predicted molar refractivity (Wildman–Crippen MR) is 397 cm³/mol. The van der Waals surface area contributed by atoms with Gasteiger partial charge >= 0.3 is 23.0 Å². The Hall–Kier alpha value is -5.05. The van der Waals surface area contributed by atoms with E-state index in [2.05, 4.69) is 85.0 Å². The molecule has 0 amide bonds. The predicted octanol–water partition coefficient (Wildman–Crippen LogP) is -4.69. The van der Waals surface area contributed by atoms with Crippen LogP contribution in [0.15, 0.2) is 48.5 Å². The van der Waals surface area contributed by atoms with Crippen molar-refractivity contribution in [1.82, 2.24) is 11.0 Å². The third-order valence-electron chi connectivity index (χ3n) is 9.83. The third kappa shape index (κ3) is 114. The summed E-state index contributed by atoms with van der Waals surface area (Å²) in [7, 11) is 10.1. The number of thioether (sulfide) groups is 1. The topological polar surface area (TPSA) is 622 Å². The van der Waals surface area contributed by atoms with Crippen molar-refractivity contribution in [2.24, 2.45) is 22.9 Å². The minimum Gasteiger partial charge on any atom is -0.551 e. The summed E-state index contributed by atoms with van der Waals surface area (Å²) in [6, 6.07) is 7.72. The number of ether oxygens (including phenoxy) is 17. The number of methoxy groups -OCH3 is 6. The Bertz CT molecular complexity index is 2290. The van der Waals surface area contributed by atoms with E-state index in [9.17, 15) is 68.7 Å². The first-order valence-electron chi connectivity index (χ1n) is 30.9. The molecule has 0 unspecified atom stereocenters. The van der Waals surface area contributed by atoms with Gasteiger partial charge in [0.25, 0.3) is 0 Å². The molecule has 0 aliphatic heterocycles. The van der Waals surface area contributed by atoms with Crippen LogP contribution >= 0.6 is 51.9 Å². The largest absolute Gasteiger partial charge is 0.551 e. The van der Waals surface area contributed by atoms with Crippen molar-refractivity contribution in [3.05, 3.63) is 66.6 Å². The molecule has 46 heteroatoms. The number of halogens is 2. The maximum atomic E-state index is 11.4. The standard InChI is InChI=1S/C15H21NO7.C9H17NO7.C9H17NO6S.C8H17NO5.C7H8O.C6H14O2.C3H8N3O2.C2H3ClO2.CH3Br.CH4O.CH4S.CH4.B.Y.H2/c1-20-6-7-21-8-9-22-15(19)23-12-4-2-11(3-5-12)10-13(16)14(17)18;2*1-14-2-3-15-4-5-16-9(13)17-6-7(10)8(11)12;1-12-2-3-13-4-5-14-6-7(9)8(10)11;1-6-2-4-7(8)5-3-6;1-3-4-8-6-5-7-2;1-2(3(7)8)5-6-4;1-5-2(3)4;3*1-2;;;;/h2-5,13H,6-10,16H2,1H3,(H,17,18);2*7H,2-6,10H2,1H3,(H,11,12);7H,2-6,9H2,1H3,(H,10,11);2-5,8H,1H3;3-6H2,1-2H3;2,5-6H,1,4H2,(H,7,8);1H3;1H3;2*2H,1H3;1H4;;;1H/q;;;;;;-1;;;;;;;;/p-4/t13-;3*7-;;;2-;;;;;;;;/m0000..0......../s1/i;;;;;;;;;;;;;;1+1. The van der Waals surface area contributed by atoms with E-state index >= 15 is 0 Å². The number of hydrazine groups is 1. The first-order valence-corrected chi connectivity index (χ1v) is 34.7. The number of quaternary nitrogens is 1. The van der Waals surface area contributed by atoms with Crippen LogP contribution in [0, 0.1) is 13.8 Å². The monoisotopic (exact) mass is 1780 g/mol. The number of hydrogen-bond acceptors (Lipinski definition) is 41. The molecule has 2 aromatic carbocycles. The molecule has 2 aromatic rings. The van der Waals surface area contributed by atoms with E-state index in [1.165, 1.54) is 31.9 Å². The second-order valence-corrected chi connectivity index (χ2v) is 19.4. The summed E-state index contributed by atoms with van der Waals surface area (Å²) in [5, 5.41) is 66.1. The molecule has 40 nitrogen and oxygen atoms in total. The van der Waals surface area contributed by atoms with E-state index in [1.807, 2.05) is 24.9 Å². The molecule has 0 saturated heterocycles. The van der Waals surface area contributed by atoms with Gasteiger partial charge in [0.2, 0.25) is 0 Å². The zero-order valence-corrected chi connectivity index (χ0v) is 69.9. The van der Waals surface area contributed by atoms with Gasteiger partial charge in [0.15, 0.2) is 0 Å². The number of aromatic hydroxyl groups is 1. The van der Waals surface area contributed by atoms with Crippen LogP contribution in [0.5, 0.6) is 11.5 Å². The Balaban J connectivity index is -0.0000000904. The summed E-state index contributed by atoms with van der Waals surface area (Å²) in [5.41, 5.74) is 26.2. The number of phenols is 1. The van der Waals surface area contributed by atoms with Crippen LogP contribution < -0.4 is 70.0 Å². The summed E-state index contributed by atoms with van der Waals surface area (Å²) >= 11 is 11.8. The van der Waals surface area contributed by atoms with Crippen molar-refractivity contribution in [3.8, 4) is 11.5 Å². The number of aliphatic hydroxyl groups excluding tert-OH is 1. The first-order chi connectivity index (χ1) is 50.5. The van der Waals surface area contributed by atoms with Gasteiger partial charge in [-0.25, -0.2) is 24.6 Å². The number of thiol groups is 1. The van der Waals surface area contributed by atoms with Crippen molar-refractivity contribution < 1.29 is 199 Å². The number of benzene rings is 2. The van der Waals surface area contributed by atoms with Crippen LogP contribution in [0.3, 0.4) is 0 Å². The molecule has 4 radical (unpaired) electrons. The summed E-state index contributed by atoms with van der Waals surface area (Å²) in [6.07, 6.45) is 1.06. The minimum atomic E-state index is -1.50. The number of nitrogens with one attached hydrogen (secondary N) is 2. The molecule has 0 aromatic heterocycles. The van der Waals surface area contributed by atoms with Crippen LogP contribution in [0.4, 0.5) is 19.2 Å². The molecule has 0 heterocycles. The average molecular weight is 1780 g/mol. The van der Waals surface area contributed by atoms with Crippen LogP contribution in [0.25, 0.3) is 0 Å².